The summed E-state index contributed by atoms with van der Waals surface area (Å²) in [5.74, 6) is -2.31. The first kappa shape index (κ1) is 74.7. The molecule has 79 heavy (non-hydrogen) atoms. The highest BCUT2D eigenvalue weighted by Gasteiger charge is 2.22. The molecule has 0 rings (SSSR count). The van der Waals surface area contributed by atoms with Crippen LogP contribution in [0.1, 0.15) is 245 Å². The summed E-state index contributed by atoms with van der Waals surface area (Å²) in [4.78, 5) is 37.3. The summed E-state index contributed by atoms with van der Waals surface area (Å²) < 4.78 is 22.7. The molecule has 0 aromatic heterocycles. The number of quaternary nitrogens is 1. The van der Waals surface area contributed by atoms with Crippen LogP contribution in [-0.2, 0) is 33.3 Å². The molecule has 450 valence electrons. The maximum Gasteiger partial charge on any atom is 0.306 e. The summed E-state index contributed by atoms with van der Waals surface area (Å²) in [5.41, 5.74) is 0. The van der Waals surface area contributed by atoms with Crippen LogP contribution in [0.15, 0.2) is 122 Å². The number of esters is 2. The van der Waals surface area contributed by atoms with Crippen LogP contribution >= 0.6 is 0 Å². The highest BCUT2D eigenvalue weighted by Crippen LogP contribution is 2.16. The number of carboxylic acids is 1. The number of ether oxygens (including phenoxy) is 4. The second kappa shape index (κ2) is 59.8. The van der Waals surface area contributed by atoms with Crippen LogP contribution in [-0.4, -0.2) is 82.3 Å². The van der Waals surface area contributed by atoms with Crippen LogP contribution in [0.5, 0.6) is 0 Å². The lowest BCUT2D eigenvalue weighted by atomic mass is 10.0. The molecule has 0 saturated heterocycles. The molecule has 0 aromatic rings. The topological polar surface area (TPSA) is 111 Å². The number of carbonyl (C=O) groups is 3. The van der Waals surface area contributed by atoms with E-state index < -0.39 is 24.3 Å². The van der Waals surface area contributed by atoms with Crippen LogP contribution in [0.3, 0.4) is 0 Å². The van der Waals surface area contributed by atoms with Gasteiger partial charge in [-0.2, -0.15) is 0 Å². The van der Waals surface area contributed by atoms with Gasteiger partial charge >= 0.3 is 11.9 Å². The highest BCUT2D eigenvalue weighted by molar-refractivity contribution is 5.70. The lowest BCUT2D eigenvalue weighted by Crippen LogP contribution is -2.44. The van der Waals surface area contributed by atoms with Gasteiger partial charge in [0.15, 0.2) is 12.4 Å². The largest absolute Gasteiger partial charge is 0.545 e. The van der Waals surface area contributed by atoms with Crippen molar-refractivity contribution in [3.05, 3.63) is 122 Å². The molecule has 0 amide bonds. The Morgan fingerprint density at radius 3 is 1.01 bits per heavy atom. The number of carboxylic acid groups (broad SMARTS) is 1. The average molecular weight is 1100 g/mol. The van der Waals surface area contributed by atoms with E-state index in [4.69, 9.17) is 18.9 Å². The molecule has 0 saturated carbocycles. The number of likely N-dealkylation sites (N-methyl/N-ethyl adjacent to an activating group) is 1. The molecular weight excluding hydrogens is 983 g/mol. The summed E-state index contributed by atoms with van der Waals surface area (Å²) >= 11 is 0. The van der Waals surface area contributed by atoms with Gasteiger partial charge in [0.1, 0.15) is 13.2 Å². The maximum atomic E-state index is 12.9. The third-order valence-corrected chi connectivity index (χ3v) is 13.2. The van der Waals surface area contributed by atoms with Crippen LogP contribution < -0.4 is 5.11 Å². The number of allylic oxidation sites excluding steroid dienone is 20. The van der Waals surface area contributed by atoms with E-state index in [2.05, 4.69) is 135 Å². The molecule has 9 heteroatoms. The molecule has 2 unspecified atom stereocenters. The SMILES string of the molecule is CC/C=C\C/C=C\C/C=C\C/C=C\C/C=C\C/C=C\C/C=C\CCCCCCCCCCCCCCCCCCCC(=O)OC(COC(=O)CCCCCCC/C=C\C/C=C\C/C=C\CC)COC(OCC[N+](C)(C)C)C(=O)[O-]. The van der Waals surface area contributed by atoms with Gasteiger partial charge in [-0.25, -0.2) is 0 Å². The van der Waals surface area contributed by atoms with Gasteiger partial charge in [-0.05, 0) is 103 Å². The minimum absolute atomic E-state index is 0.141. The van der Waals surface area contributed by atoms with E-state index in [1.807, 2.05) is 21.1 Å². The molecule has 0 bridgehead atoms. The Morgan fingerprint density at radius 2 is 0.684 bits per heavy atom. The van der Waals surface area contributed by atoms with Crippen LogP contribution in [0.25, 0.3) is 0 Å². The third-order valence-electron chi connectivity index (χ3n) is 13.2. The molecule has 0 heterocycles. The van der Waals surface area contributed by atoms with Crippen molar-refractivity contribution < 1.29 is 42.9 Å². The quantitative estimate of drug-likeness (QED) is 0.0195. The molecule has 0 spiro atoms. The zero-order chi connectivity index (χ0) is 57.6. The van der Waals surface area contributed by atoms with Crippen molar-refractivity contribution in [2.45, 2.75) is 257 Å². The average Bonchev–Trinajstić information content (AvgIpc) is 3.42. The molecule has 0 aliphatic heterocycles. The van der Waals surface area contributed by atoms with E-state index in [0.29, 0.717) is 23.9 Å². The van der Waals surface area contributed by atoms with Crippen molar-refractivity contribution in [3.63, 3.8) is 0 Å². The summed E-state index contributed by atoms with van der Waals surface area (Å²) in [5, 5.41) is 11.8. The predicted octanol–water partition coefficient (Wildman–Crippen LogP) is 17.9. The lowest BCUT2D eigenvalue weighted by molar-refractivity contribution is -0.870. The molecule has 0 aromatic carbocycles. The fraction of sp³-hybridized carbons (Fsp3) is 0.671. The van der Waals surface area contributed by atoms with Crippen LogP contribution in [0, 0.1) is 0 Å². The van der Waals surface area contributed by atoms with Crippen molar-refractivity contribution in [2.75, 3.05) is 47.5 Å². The monoisotopic (exact) mass is 1100 g/mol. The normalized spacial score (nSPS) is 13.6. The van der Waals surface area contributed by atoms with Gasteiger partial charge in [-0.15, -0.1) is 0 Å². The summed E-state index contributed by atoms with van der Waals surface area (Å²) in [6.45, 7) is 4.50. The van der Waals surface area contributed by atoms with Gasteiger partial charge in [0.2, 0.25) is 0 Å². The summed E-state index contributed by atoms with van der Waals surface area (Å²) in [7, 11) is 5.91. The van der Waals surface area contributed by atoms with Gasteiger partial charge < -0.3 is 33.3 Å². The van der Waals surface area contributed by atoms with E-state index in [9.17, 15) is 19.5 Å². The Labute approximate surface area is 485 Å². The van der Waals surface area contributed by atoms with Crippen molar-refractivity contribution in [1.29, 1.82) is 0 Å². The van der Waals surface area contributed by atoms with Gasteiger partial charge in [-0.1, -0.05) is 251 Å². The van der Waals surface area contributed by atoms with Crippen molar-refractivity contribution in [3.8, 4) is 0 Å². The number of hydrogen-bond acceptors (Lipinski definition) is 8. The molecule has 0 aliphatic rings. The molecule has 9 nitrogen and oxygen atoms in total. The first-order chi connectivity index (χ1) is 38.6. The minimum Gasteiger partial charge on any atom is -0.545 e. The fourth-order valence-electron chi connectivity index (χ4n) is 8.41. The number of unbranched alkanes of at least 4 members (excludes halogenated alkanes) is 22. The first-order valence-electron chi connectivity index (χ1n) is 31.7. The third kappa shape index (κ3) is 61.2. The molecule has 0 fully saturated rings. The Morgan fingerprint density at radius 1 is 0.380 bits per heavy atom. The Hall–Kier alpha value is -4.31. The Balaban J connectivity index is 4.07. The zero-order valence-electron chi connectivity index (χ0n) is 51.2. The second-order valence-corrected chi connectivity index (χ2v) is 21.9. The van der Waals surface area contributed by atoms with Crippen LogP contribution in [0.2, 0.25) is 0 Å². The van der Waals surface area contributed by atoms with Crippen molar-refractivity contribution in [1.82, 2.24) is 0 Å². The van der Waals surface area contributed by atoms with Crippen LogP contribution in [0.4, 0.5) is 0 Å². The minimum atomic E-state index is -1.63. The molecule has 2 atom stereocenters. The van der Waals surface area contributed by atoms with Gasteiger partial charge in [0.25, 0.3) is 0 Å². The standard InChI is InChI=1S/C70H117NO8/c1-6-8-10-12-14-16-18-20-22-23-24-25-26-27-28-29-30-31-32-33-34-35-36-37-38-39-40-41-42-43-44-45-47-49-51-53-55-57-59-61-68(73)79-66(65-78-70(69(74)75)76-63-62-71(3,4)5)64-77-67(72)60-58-56-54-52-50-48-46-21-19-17-15-13-11-9-7-2/h8-11,14-17,20-22,24-25,27-28,30-31,33-34,46,66,70H,6-7,12-13,18-19,23,26,29,32,35-45,47-65H2,1-5H3/b10-8-,11-9-,16-14-,17-15-,22-20-,25-24-,28-27-,31-30-,34-33-,46-21-. The lowest BCUT2D eigenvalue weighted by Gasteiger charge is -2.26. The van der Waals surface area contributed by atoms with E-state index in [1.165, 1.54) is 89.9 Å². The highest BCUT2D eigenvalue weighted by atomic mass is 16.7. The van der Waals surface area contributed by atoms with Gasteiger partial charge in [0.05, 0.1) is 40.3 Å². The van der Waals surface area contributed by atoms with E-state index in [-0.39, 0.29) is 38.6 Å². The number of rotatable bonds is 57. The van der Waals surface area contributed by atoms with Gasteiger partial charge in [0, 0.05) is 12.8 Å². The fourth-order valence-corrected chi connectivity index (χ4v) is 8.41. The van der Waals surface area contributed by atoms with E-state index in [1.54, 1.807) is 0 Å². The predicted molar refractivity (Wildman–Crippen MR) is 333 cm³/mol. The Kier molecular flexibility index (Phi) is 56.5. The van der Waals surface area contributed by atoms with E-state index >= 15 is 0 Å². The molecule has 0 radical (unpaired) electrons. The second-order valence-electron chi connectivity index (χ2n) is 21.9. The van der Waals surface area contributed by atoms with E-state index in [0.717, 1.165) is 116 Å². The summed E-state index contributed by atoms with van der Waals surface area (Å²) in [6.07, 6.45) is 81.3. The first-order valence-corrected chi connectivity index (χ1v) is 31.7. The van der Waals surface area contributed by atoms with Crippen molar-refractivity contribution in [2.24, 2.45) is 0 Å². The zero-order valence-corrected chi connectivity index (χ0v) is 51.2. The number of carbonyl (C=O) groups excluding carboxylic acids is 3. The Bertz CT molecular complexity index is 1710. The maximum absolute atomic E-state index is 12.9. The number of hydrogen-bond donors (Lipinski definition) is 0. The van der Waals surface area contributed by atoms with Crippen molar-refractivity contribution >= 4 is 17.9 Å². The molecule has 0 N–H and O–H groups in total. The van der Waals surface area contributed by atoms with Gasteiger partial charge in [-0.3, -0.25) is 9.59 Å². The number of nitrogens with zero attached hydrogens (tertiary/aromatic N) is 1. The number of aliphatic carboxylic acids is 1. The summed E-state index contributed by atoms with van der Waals surface area (Å²) in [6, 6.07) is 0. The molecule has 0 aliphatic carbocycles. The smallest absolute Gasteiger partial charge is 0.306 e. The molecular formula is C70H117NO8.